The maximum absolute atomic E-state index is 5.32. The van der Waals surface area contributed by atoms with Gasteiger partial charge in [0.2, 0.25) is 5.75 Å². The van der Waals surface area contributed by atoms with Gasteiger partial charge >= 0.3 is 0 Å². The van der Waals surface area contributed by atoms with E-state index in [0.29, 0.717) is 23.9 Å². The second kappa shape index (κ2) is 6.38. The first-order valence-corrected chi connectivity index (χ1v) is 6.59. The lowest BCUT2D eigenvalue weighted by Crippen LogP contribution is -2.06. The molecule has 1 aromatic heterocycles. The van der Waals surface area contributed by atoms with Crippen molar-refractivity contribution in [2.45, 2.75) is 6.54 Å². The van der Waals surface area contributed by atoms with Crippen LogP contribution in [0.3, 0.4) is 0 Å². The smallest absolute Gasteiger partial charge is 0.204 e. The number of hydrogen-bond acceptors (Lipinski definition) is 5. The lowest BCUT2D eigenvalue weighted by atomic mass is 10.2. The van der Waals surface area contributed by atoms with Gasteiger partial charge in [-0.25, -0.2) is 9.97 Å². The third-order valence-electron chi connectivity index (χ3n) is 2.59. The van der Waals surface area contributed by atoms with Crippen LogP contribution in [0.2, 0.25) is 0 Å². The second-order valence-corrected chi connectivity index (χ2v) is 4.75. The molecule has 0 aliphatic rings. The van der Waals surface area contributed by atoms with Crippen LogP contribution < -0.4 is 15.4 Å². The molecule has 19 heavy (non-hydrogen) atoms. The van der Waals surface area contributed by atoms with Crippen molar-refractivity contribution in [3.63, 3.8) is 0 Å². The number of halogens is 1. The Kier molecular flexibility index (Phi) is 4.57. The summed E-state index contributed by atoms with van der Waals surface area (Å²) in [6.45, 7) is 0.663. The largest absolute Gasteiger partial charge is 0.490 e. The Bertz CT molecular complexity index is 562. The number of ether oxygens (including phenoxy) is 1. The summed E-state index contributed by atoms with van der Waals surface area (Å²) in [4.78, 5) is 8.30. The lowest BCUT2D eigenvalue weighted by Gasteiger charge is -2.12. The fourth-order valence-electron chi connectivity index (χ4n) is 1.70. The quantitative estimate of drug-likeness (QED) is 0.886. The van der Waals surface area contributed by atoms with Crippen LogP contribution in [0.5, 0.6) is 5.75 Å². The molecule has 5 nitrogen and oxygen atoms in total. The van der Waals surface area contributed by atoms with E-state index in [1.807, 2.05) is 18.2 Å². The van der Waals surface area contributed by atoms with Gasteiger partial charge in [-0.2, -0.15) is 0 Å². The van der Waals surface area contributed by atoms with Gasteiger partial charge in [-0.1, -0.05) is 28.1 Å². The van der Waals surface area contributed by atoms with E-state index in [2.05, 4.69) is 42.6 Å². The minimum absolute atomic E-state index is 0.611. The predicted molar refractivity (Wildman–Crippen MR) is 79.6 cm³/mol. The van der Waals surface area contributed by atoms with Gasteiger partial charge in [0.15, 0.2) is 11.6 Å². The van der Waals surface area contributed by atoms with E-state index in [1.54, 1.807) is 14.2 Å². The molecule has 0 spiro atoms. The topological polar surface area (TPSA) is 59.1 Å². The Morgan fingerprint density at radius 3 is 2.74 bits per heavy atom. The van der Waals surface area contributed by atoms with Gasteiger partial charge < -0.3 is 15.4 Å². The maximum atomic E-state index is 5.32. The summed E-state index contributed by atoms with van der Waals surface area (Å²) >= 11 is 3.45. The first-order valence-electron chi connectivity index (χ1n) is 5.79. The van der Waals surface area contributed by atoms with Gasteiger partial charge in [-0.15, -0.1) is 0 Å². The SMILES string of the molecule is CNc1ncnc(NCc2cccc(Br)c2)c1OC. The molecule has 0 atom stereocenters. The van der Waals surface area contributed by atoms with Crippen LogP contribution in [-0.4, -0.2) is 24.1 Å². The molecule has 0 saturated heterocycles. The zero-order valence-electron chi connectivity index (χ0n) is 10.8. The van der Waals surface area contributed by atoms with Crippen LogP contribution in [0.4, 0.5) is 11.6 Å². The average Bonchev–Trinajstić information content (AvgIpc) is 2.44. The summed E-state index contributed by atoms with van der Waals surface area (Å²) in [5.74, 6) is 1.94. The highest BCUT2D eigenvalue weighted by Crippen LogP contribution is 2.28. The van der Waals surface area contributed by atoms with Gasteiger partial charge in [0.25, 0.3) is 0 Å². The minimum atomic E-state index is 0.611. The fourth-order valence-corrected chi connectivity index (χ4v) is 2.15. The van der Waals surface area contributed by atoms with E-state index < -0.39 is 0 Å². The Labute approximate surface area is 120 Å². The molecule has 1 heterocycles. The highest BCUT2D eigenvalue weighted by atomic mass is 79.9. The molecule has 0 amide bonds. The zero-order valence-corrected chi connectivity index (χ0v) is 12.4. The Balaban J connectivity index is 2.15. The molecule has 2 N–H and O–H groups in total. The zero-order chi connectivity index (χ0) is 13.7. The van der Waals surface area contributed by atoms with Gasteiger partial charge in [0.05, 0.1) is 7.11 Å². The molecule has 0 saturated carbocycles. The molecule has 1 aromatic carbocycles. The summed E-state index contributed by atoms with van der Waals surface area (Å²) in [5.41, 5.74) is 1.15. The molecule has 0 bridgehead atoms. The molecule has 2 aromatic rings. The standard InChI is InChI=1S/C13H15BrN4O/c1-15-12-11(19-2)13(18-8-17-12)16-7-9-4-3-5-10(14)6-9/h3-6,8H,7H2,1-2H3,(H2,15,16,17,18). The van der Waals surface area contributed by atoms with Crippen molar-refractivity contribution in [1.82, 2.24) is 9.97 Å². The Morgan fingerprint density at radius 1 is 1.26 bits per heavy atom. The molecule has 0 fully saturated rings. The van der Waals surface area contributed by atoms with Crippen LogP contribution in [0.15, 0.2) is 35.1 Å². The molecule has 100 valence electrons. The van der Waals surface area contributed by atoms with E-state index >= 15 is 0 Å². The van der Waals surface area contributed by atoms with Crippen LogP contribution in [-0.2, 0) is 6.54 Å². The van der Waals surface area contributed by atoms with E-state index in [9.17, 15) is 0 Å². The number of anilines is 2. The molecule has 6 heteroatoms. The third kappa shape index (κ3) is 3.35. The normalized spacial score (nSPS) is 10.1. The summed E-state index contributed by atoms with van der Waals surface area (Å²) in [7, 11) is 3.40. The highest BCUT2D eigenvalue weighted by Gasteiger charge is 2.10. The number of aromatic nitrogens is 2. The van der Waals surface area contributed by atoms with Crippen LogP contribution in [0.1, 0.15) is 5.56 Å². The Hall–Kier alpha value is -1.82. The third-order valence-corrected chi connectivity index (χ3v) is 3.09. The van der Waals surface area contributed by atoms with E-state index in [4.69, 9.17) is 4.74 Å². The van der Waals surface area contributed by atoms with Crippen molar-refractivity contribution in [2.75, 3.05) is 24.8 Å². The molecular weight excluding hydrogens is 308 g/mol. The summed E-state index contributed by atoms with van der Waals surface area (Å²) in [5, 5.41) is 6.22. The number of nitrogens with one attached hydrogen (secondary N) is 2. The van der Waals surface area contributed by atoms with E-state index in [-0.39, 0.29) is 0 Å². The molecule has 0 unspecified atom stereocenters. The van der Waals surface area contributed by atoms with Crippen molar-refractivity contribution in [1.29, 1.82) is 0 Å². The summed E-state index contributed by atoms with van der Waals surface area (Å²) in [6.07, 6.45) is 1.50. The summed E-state index contributed by atoms with van der Waals surface area (Å²) < 4.78 is 6.37. The first kappa shape index (κ1) is 13.6. The summed E-state index contributed by atoms with van der Waals surface area (Å²) in [6, 6.07) is 8.09. The van der Waals surface area contributed by atoms with Crippen LogP contribution in [0.25, 0.3) is 0 Å². The van der Waals surface area contributed by atoms with Gasteiger partial charge in [0.1, 0.15) is 6.33 Å². The van der Waals surface area contributed by atoms with Gasteiger partial charge in [-0.3, -0.25) is 0 Å². The maximum Gasteiger partial charge on any atom is 0.204 e. The van der Waals surface area contributed by atoms with Crippen LogP contribution in [0, 0.1) is 0 Å². The van der Waals surface area contributed by atoms with Crippen molar-refractivity contribution < 1.29 is 4.74 Å². The number of rotatable bonds is 5. The Morgan fingerprint density at radius 2 is 2.05 bits per heavy atom. The average molecular weight is 323 g/mol. The minimum Gasteiger partial charge on any atom is -0.490 e. The molecule has 0 aliphatic carbocycles. The highest BCUT2D eigenvalue weighted by molar-refractivity contribution is 9.10. The van der Waals surface area contributed by atoms with Crippen molar-refractivity contribution in [3.05, 3.63) is 40.6 Å². The number of nitrogens with zero attached hydrogens (tertiary/aromatic N) is 2. The van der Waals surface area contributed by atoms with Crippen molar-refractivity contribution in [2.24, 2.45) is 0 Å². The second-order valence-electron chi connectivity index (χ2n) is 3.84. The van der Waals surface area contributed by atoms with Crippen molar-refractivity contribution in [3.8, 4) is 5.75 Å². The van der Waals surface area contributed by atoms with Gasteiger partial charge in [0, 0.05) is 18.1 Å². The number of benzene rings is 1. The van der Waals surface area contributed by atoms with Crippen molar-refractivity contribution >= 4 is 27.6 Å². The molecule has 0 aliphatic heterocycles. The monoisotopic (exact) mass is 322 g/mol. The number of hydrogen-bond donors (Lipinski definition) is 2. The van der Waals surface area contributed by atoms with E-state index in [1.165, 1.54) is 6.33 Å². The first-order chi connectivity index (χ1) is 9.24. The number of methoxy groups -OCH3 is 1. The fraction of sp³-hybridized carbons (Fsp3) is 0.231. The van der Waals surface area contributed by atoms with Gasteiger partial charge in [-0.05, 0) is 17.7 Å². The predicted octanol–water partition coefficient (Wildman–Crippen LogP) is 2.90. The molecule has 0 radical (unpaired) electrons. The van der Waals surface area contributed by atoms with Crippen LogP contribution >= 0.6 is 15.9 Å². The molecular formula is C13H15BrN4O. The van der Waals surface area contributed by atoms with E-state index in [0.717, 1.165) is 10.0 Å². The molecule has 2 rings (SSSR count). The lowest BCUT2D eigenvalue weighted by molar-refractivity contribution is 0.415.